The first-order chi connectivity index (χ1) is 10.6. The Labute approximate surface area is 141 Å². The summed E-state index contributed by atoms with van der Waals surface area (Å²) in [5, 5.41) is 4.35. The van der Waals surface area contributed by atoms with Gasteiger partial charge in [0.15, 0.2) is 5.75 Å². The maximum atomic E-state index is 11.9. The number of aryl methyl sites for hydroxylation is 1. The van der Waals surface area contributed by atoms with Crippen LogP contribution in [0.4, 0.5) is 0 Å². The maximum absolute atomic E-state index is 11.9. The zero-order chi connectivity index (χ0) is 15.5. The van der Waals surface area contributed by atoms with Gasteiger partial charge in [-0.1, -0.05) is 42.5 Å². The van der Waals surface area contributed by atoms with Crippen molar-refractivity contribution in [2.24, 2.45) is 7.05 Å². The van der Waals surface area contributed by atoms with E-state index in [1.165, 1.54) is 10.7 Å². The van der Waals surface area contributed by atoms with E-state index >= 15 is 0 Å². The van der Waals surface area contributed by atoms with Gasteiger partial charge in [0.2, 0.25) is 0 Å². The third-order valence-electron chi connectivity index (χ3n) is 3.16. The van der Waals surface area contributed by atoms with Crippen LogP contribution in [0, 0.1) is 3.57 Å². The molecule has 1 heterocycles. The van der Waals surface area contributed by atoms with Crippen molar-refractivity contribution >= 4 is 22.6 Å². The lowest BCUT2D eigenvalue weighted by Crippen LogP contribution is -2.19. The number of nitrogens with zero attached hydrogens (tertiary/aromatic N) is 2. The van der Waals surface area contributed by atoms with Crippen molar-refractivity contribution in [3.05, 3.63) is 74.6 Å². The third kappa shape index (κ3) is 3.04. The molecular weight excluding hydrogens is 391 g/mol. The topological polar surface area (TPSA) is 44.1 Å². The lowest BCUT2D eigenvalue weighted by molar-refractivity contribution is 0.472. The van der Waals surface area contributed by atoms with E-state index in [2.05, 4.69) is 27.7 Å². The predicted molar refractivity (Wildman–Crippen MR) is 94.1 cm³/mol. The monoisotopic (exact) mass is 404 g/mol. The minimum atomic E-state index is -0.208. The predicted octanol–water partition coefficient (Wildman–Crippen LogP) is 3.84. The van der Waals surface area contributed by atoms with E-state index in [4.69, 9.17) is 4.74 Å². The number of aromatic nitrogens is 2. The molecular formula is C17H13IN2O2. The van der Waals surface area contributed by atoms with E-state index in [1.54, 1.807) is 7.05 Å². The lowest BCUT2D eigenvalue weighted by atomic mass is 10.1. The van der Waals surface area contributed by atoms with Gasteiger partial charge in [-0.3, -0.25) is 4.79 Å². The Bertz CT molecular complexity index is 860. The van der Waals surface area contributed by atoms with Gasteiger partial charge in [-0.15, -0.1) is 0 Å². The van der Waals surface area contributed by atoms with E-state index < -0.39 is 0 Å². The van der Waals surface area contributed by atoms with Gasteiger partial charge >= 0.3 is 0 Å². The van der Waals surface area contributed by atoms with Crippen LogP contribution < -0.4 is 10.3 Å². The highest BCUT2D eigenvalue weighted by atomic mass is 127. The molecule has 3 rings (SSSR count). The van der Waals surface area contributed by atoms with Crippen molar-refractivity contribution < 1.29 is 4.74 Å². The summed E-state index contributed by atoms with van der Waals surface area (Å²) >= 11 is 2.20. The molecule has 110 valence electrons. The number of hydrogen-bond donors (Lipinski definition) is 0. The van der Waals surface area contributed by atoms with Crippen molar-refractivity contribution in [2.75, 3.05) is 0 Å². The highest BCUT2D eigenvalue weighted by molar-refractivity contribution is 14.1. The Morgan fingerprint density at radius 3 is 2.41 bits per heavy atom. The fourth-order valence-electron chi connectivity index (χ4n) is 2.04. The van der Waals surface area contributed by atoms with Crippen LogP contribution in [0.5, 0.6) is 11.5 Å². The maximum Gasteiger partial charge on any atom is 0.270 e. The fraction of sp³-hybridized carbons (Fsp3) is 0.0588. The molecule has 0 atom stereocenters. The van der Waals surface area contributed by atoms with Crippen molar-refractivity contribution in [2.45, 2.75) is 0 Å². The third-order valence-corrected chi connectivity index (χ3v) is 4.05. The van der Waals surface area contributed by atoms with Crippen LogP contribution in [0.3, 0.4) is 0 Å². The summed E-state index contributed by atoms with van der Waals surface area (Å²) in [7, 11) is 1.63. The normalized spacial score (nSPS) is 10.5. The molecule has 0 unspecified atom stereocenters. The van der Waals surface area contributed by atoms with Gasteiger partial charge in [-0.05, 0) is 34.7 Å². The van der Waals surface area contributed by atoms with Gasteiger partial charge in [-0.25, -0.2) is 4.68 Å². The number of rotatable bonds is 3. The number of benzene rings is 2. The minimum Gasteiger partial charge on any atom is -0.454 e. The molecule has 0 amide bonds. The SMILES string of the molecule is Cn1nc(-c2ccccc2)c(Oc2ccccc2I)cc1=O. The highest BCUT2D eigenvalue weighted by Crippen LogP contribution is 2.32. The number of hydrogen-bond acceptors (Lipinski definition) is 3. The first-order valence-corrected chi connectivity index (χ1v) is 7.79. The first kappa shape index (κ1) is 14.8. The van der Waals surface area contributed by atoms with E-state index in [9.17, 15) is 4.79 Å². The molecule has 4 nitrogen and oxygen atoms in total. The van der Waals surface area contributed by atoms with Crippen molar-refractivity contribution in [1.29, 1.82) is 0 Å². The van der Waals surface area contributed by atoms with E-state index in [0.717, 1.165) is 9.13 Å². The number of para-hydroxylation sites is 1. The summed E-state index contributed by atoms with van der Waals surface area (Å²) in [4.78, 5) is 11.9. The molecule has 0 aliphatic rings. The van der Waals surface area contributed by atoms with Gasteiger partial charge < -0.3 is 4.74 Å². The second kappa shape index (κ2) is 6.31. The minimum absolute atomic E-state index is 0.208. The standard InChI is InChI=1S/C17H13IN2O2/c1-20-16(21)11-15(22-14-10-6-5-9-13(14)18)17(19-20)12-7-3-2-4-8-12/h2-11H,1H3. The summed E-state index contributed by atoms with van der Waals surface area (Å²) in [6, 6.07) is 18.8. The van der Waals surface area contributed by atoms with Gasteiger partial charge in [0.1, 0.15) is 11.4 Å². The summed E-state index contributed by atoms with van der Waals surface area (Å²) in [6.07, 6.45) is 0. The Morgan fingerprint density at radius 2 is 1.68 bits per heavy atom. The van der Waals surface area contributed by atoms with Crippen molar-refractivity contribution in [3.8, 4) is 22.8 Å². The van der Waals surface area contributed by atoms with E-state index in [1.807, 2.05) is 54.6 Å². The Hall–Kier alpha value is -2.15. The molecule has 5 heteroatoms. The molecule has 1 aromatic heterocycles. The number of ether oxygens (including phenoxy) is 1. The van der Waals surface area contributed by atoms with Gasteiger partial charge in [-0.2, -0.15) is 5.10 Å². The zero-order valence-electron chi connectivity index (χ0n) is 11.9. The lowest BCUT2D eigenvalue weighted by Gasteiger charge is -2.12. The van der Waals surface area contributed by atoms with Gasteiger partial charge in [0, 0.05) is 12.6 Å². The molecule has 0 fully saturated rings. The molecule has 0 spiro atoms. The summed E-state index contributed by atoms with van der Waals surface area (Å²) in [6.45, 7) is 0. The average Bonchev–Trinajstić information content (AvgIpc) is 2.54. The Morgan fingerprint density at radius 1 is 1.00 bits per heavy atom. The van der Waals surface area contributed by atoms with Crippen LogP contribution in [0.25, 0.3) is 11.3 Å². The highest BCUT2D eigenvalue weighted by Gasteiger charge is 2.13. The van der Waals surface area contributed by atoms with Crippen molar-refractivity contribution in [3.63, 3.8) is 0 Å². The van der Waals surface area contributed by atoms with Crippen LogP contribution >= 0.6 is 22.6 Å². The van der Waals surface area contributed by atoms with Gasteiger partial charge in [0.25, 0.3) is 5.56 Å². The molecule has 2 aromatic carbocycles. The zero-order valence-corrected chi connectivity index (χ0v) is 14.0. The van der Waals surface area contributed by atoms with E-state index in [0.29, 0.717) is 17.2 Å². The number of halogens is 1. The second-order valence-corrected chi connectivity index (χ2v) is 5.88. The molecule has 22 heavy (non-hydrogen) atoms. The molecule has 0 aliphatic carbocycles. The Balaban J connectivity index is 2.13. The first-order valence-electron chi connectivity index (χ1n) is 6.71. The molecule has 0 saturated heterocycles. The van der Waals surface area contributed by atoms with Gasteiger partial charge in [0.05, 0.1) is 9.64 Å². The van der Waals surface area contributed by atoms with Crippen LogP contribution in [0.1, 0.15) is 0 Å². The fourth-order valence-corrected chi connectivity index (χ4v) is 2.54. The van der Waals surface area contributed by atoms with Crippen molar-refractivity contribution in [1.82, 2.24) is 9.78 Å². The largest absolute Gasteiger partial charge is 0.454 e. The second-order valence-electron chi connectivity index (χ2n) is 4.72. The molecule has 0 N–H and O–H groups in total. The average molecular weight is 404 g/mol. The van der Waals surface area contributed by atoms with Crippen LogP contribution in [-0.2, 0) is 7.05 Å². The van der Waals surface area contributed by atoms with Crippen LogP contribution in [0.15, 0.2) is 65.5 Å². The summed E-state index contributed by atoms with van der Waals surface area (Å²) < 4.78 is 8.23. The van der Waals surface area contributed by atoms with Crippen LogP contribution in [-0.4, -0.2) is 9.78 Å². The summed E-state index contributed by atoms with van der Waals surface area (Å²) in [5.74, 6) is 1.16. The molecule has 0 aliphatic heterocycles. The summed E-state index contributed by atoms with van der Waals surface area (Å²) in [5.41, 5.74) is 1.34. The molecule has 0 radical (unpaired) electrons. The van der Waals surface area contributed by atoms with E-state index in [-0.39, 0.29) is 5.56 Å². The quantitative estimate of drug-likeness (QED) is 0.624. The molecule has 0 bridgehead atoms. The molecule has 3 aromatic rings. The Kier molecular flexibility index (Phi) is 4.24. The van der Waals surface area contributed by atoms with Crippen LogP contribution in [0.2, 0.25) is 0 Å². The smallest absolute Gasteiger partial charge is 0.270 e. The molecule has 0 saturated carbocycles.